The zero-order chi connectivity index (χ0) is 13.7. The molecule has 2 rings (SSSR count). The van der Waals surface area contributed by atoms with Crippen molar-refractivity contribution in [3.05, 3.63) is 35.9 Å². The number of aliphatic hydroxyl groups is 1. The predicted molar refractivity (Wildman–Crippen MR) is 72.8 cm³/mol. The van der Waals surface area contributed by atoms with E-state index in [9.17, 15) is 9.90 Å². The van der Waals surface area contributed by atoms with Crippen molar-refractivity contribution in [3.63, 3.8) is 0 Å². The Bertz CT molecular complexity index is 462. The van der Waals surface area contributed by atoms with Crippen molar-refractivity contribution in [3.8, 4) is 0 Å². The van der Waals surface area contributed by atoms with Crippen LogP contribution in [0.5, 0.6) is 0 Å². The molecule has 0 saturated heterocycles. The summed E-state index contributed by atoms with van der Waals surface area (Å²) in [6.07, 6.45) is 4.35. The first kappa shape index (κ1) is 13.7. The third-order valence-electron chi connectivity index (χ3n) is 3.43. The molecule has 1 aliphatic rings. The summed E-state index contributed by atoms with van der Waals surface area (Å²) in [5.74, 6) is -0.479. The highest BCUT2D eigenvalue weighted by atomic mass is 16.7. The Morgan fingerprint density at radius 2 is 1.84 bits per heavy atom. The molecule has 1 N–H and O–H groups in total. The van der Waals surface area contributed by atoms with Crippen molar-refractivity contribution in [2.45, 2.75) is 44.6 Å². The molecule has 0 heterocycles. The molecule has 0 bridgehead atoms. The monoisotopic (exact) mass is 261 g/mol. The summed E-state index contributed by atoms with van der Waals surface area (Å²) in [6, 6.07) is 9.40. The Kier molecular flexibility index (Phi) is 4.32. The van der Waals surface area contributed by atoms with E-state index in [-0.39, 0.29) is 0 Å². The van der Waals surface area contributed by atoms with Gasteiger partial charge in [0.25, 0.3) is 0 Å². The van der Waals surface area contributed by atoms with E-state index in [0.717, 1.165) is 24.8 Å². The molecule has 1 aliphatic carbocycles. The topological polar surface area (TPSA) is 58.9 Å². The van der Waals surface area contributed by atoms with Crippen LogP contribution in [0.1, 0.15) is 44.6 Å². The minimum absolute atomic E-state index is 0.461. The number of carbonyl (C=O) groups is 1. The lowest BCUT2D eigenvalue weighted by Crippen LogP contribution is -2.41. The Balaban J connectivity index is 2.34. The van der Waals surface area contributed by atoms with Gasteiger partial charge in [-0.2, -0.15) is 0 Å². The molecular formula is C15H19NO3. The van der Waals surface area contributed by atoms with Crippen LogP contribution in [0.3, 0.4) is 0 Å². The summed E-state index contributed by atoms with van der Waals surface area (Å²) >= 11 is 0. The number of hydrogen-bond donors (Lipinski definition) is 1. The fourth-order valence-corrected chi connectivity index (χ4v) is 2.49. The predicted octanol–water partition coefficient (Wildman–Crippen LogP) is 2.65. The lowest BCUT2D eigenvalue weighted by Gasteiger charge is -2.32. The molecule has 4 nitrogen and oxygen atoms in total. The molecule has 1 aromatic carbocycles. The largest absolute Gasteiger partial charge is 0.383 e. The number of nitrogens with zero attached hydrogens (tertiary/aromatic N) is 1. The third-order valence-corrected chi connectivity index (χ3v) is 3.43. The maximum Gasteiger partial charge on any atom is 0.331 e. The van der Waals surface area contributed by atoms with Crippen LogP contribution in [0, 0.1) is 0 Å². The zero-order valence-electron chi connectivity index (χ0n) is 11.1. The molecule has 0 atom stereocenters. The molecule has 102 valence electrons. The van der Waals surface area contributed by atoms with Crippen LogP contribution < -0.4 is 0 Å². The average molecular weight is 261 g/mol. The number of hydrogen-bond acceptors (Lipinski definition) is 4. The minimum atomic E-state index is -0.991. The van der Waals surface area contributed by atoms with Crippen molar-refractivity contribution in [2.75, 3.05) is 0 Å². The lowest BCUT2D eigenvalue weighted by atomic mass is 9.79. The molecule has 0 radical (unpaired) electrons. The Morgan fingerprint density at radius 3 is 2.42 bits per heavy atom. The van der Waals surface area contributed by atoms with Crippen molar-refractivity contribution >= 4 is 11.7 Å². The smallest absolute Gasteiger partial charge is 0.331 e. The molecular weight excluding hydrogens is 242 g/mol. The molecule has 19 heavy (non-hydrogen) atoms. The van der Waals surface area contributed by atoms with Gasteiger partial charge in [0.15, 0.2) is 0 Å². The van der Waals surface area contributed by atoms with Gasteiger partial charge in [-0.05, 0) is 12.8 Å². The van der Waals surface area contributed by atoms with Gasteiger partial charge in [-0.25, -0.2) is 4.79 Å². The summed E-state index contributed by atoms with van der Waals surface area (Å²) in [4.78, 5) is 15.7. The van der Waals surface area contributed by atoms with E-state index in [2.05, 4.69) is 5.16 Å². The summed E-state index contributed by atoms with van der Waals surface area (Å²) in [5.41, 5.74) is 0.269. The van der Waals surface area contributed by atoms with Gasteiger partial charge in [0.2, 0.25) is 0 Å². The van der Waals surface area contributed by atoms with Crippen molar-refractivity contribution in [1.29, 1.82) is 0 Å². The molecule has 0 amide bonds. The van der Waals surface area contributed by atoms with E-state index in [0.29, 0.717) is 18.6 Å². The molecule has 1 fully saturated rings. The van der Waals surface area contributed by atoms with Crippen LogP contribution in [-0.4, -0.2) is 22.4 Å². The average Bonchev–Trinajstić information content (AvgIpc) is 2.40. The minimum Gasteiger partial charge on any atom is -0.383 e. The summed E-state index contributed by atoms with van der Waals surface area (Å²) in [6.45, 7) is 1.30. The van der Waals surface area contributed by atoms with Gasteiger partial charge in [0.05, 0.1) is 0 Å². The van der Waals surface area contributed by atoms with E-state index in [1.165, 1.54) is 6.92 Å². The van der Waals surface area contributed by atoms with Gasteiger partial charge in [0, 0.05) is 12.5 Å². The Hall–Kier alpha value is -1.68. The van der Waals surface area contributed by atoms with E-state index in [1.54, 1.807) is 0 Å². The maximum atomic E-state index is 11.0. The maximum absolute atomic E-state index is 11.0. The van der Waals surface area contributed by atoms with Crippen molar-refractivity contribution in [1.82, 2.24) is 0 Å². The molecule has 0 aliphatic heterocycles. The van der Waals surface area contributed by atoms with E-state index in [1.807, 2.05) is 30.3 Å². The quantitative estimate of drug-likeness (QED) is 0.517. The second-order valence-electron chi connectivity index (χ2n) is 4.98. The van der Waals surface area contributed by atoms with Crippen molar-refractivity contribution < 1.29 is 14.7 Å². The highest BCUT2D eigenvalue weighted by Crippen LogP contribution is 2.31. The lowest BCUT2D eigenvalue weighted by molar-refractivity contribution is -0.141. The SMILES string of the molecule is CC(=O)ON=C(c1ccccc1)C1(O)CCCCC1. The number of oxime groups is 1. The van der Waals surface area contributed by atoms with Crippen LogP contribution in [0.25, 0.3) is 0 Å². The van der Waals surface area contributed by atoms with Crippen LogP contribution in [0.4, 0.5) is 0 Å². The highest BCUT2D eigenvalue weighted by molar-refractivity contribution is 6.06. The first-order valence-corrected chi connectivity index (χ1v) is 6.66. The summed E-state index contributed by atoms with van der Waals surface area (Å²) < 4.78 is 0. The molecule has 0 spiro atoms. The molecule has 0 aromatic heterocycles. The zero-order valence-corrected chi connectivity index (χ0v) is 11.1. The van der Waals surface area contributed by atoms with E-state index < -0.39 is 11.6 Å². The summed E-state index contributed by atoms with van der Waals surface area (Å²) in [5, 5.41) is 14.7. The van der Waals surface area contributed by atoms with Crippen LogP contribution in [-0.2, 0) is 9.63 Å². The Morgan fingerprint density at radius 1 is 1.21 bits per heavy atom. The van der Waals surface area contributed by atoms with E-state index >= 15 is 0 Å². The number of benzene rings is 1. The van der Waals surface area contributed by atoms with E-state index in [4.69, 9.17) is 4.84 Å². The third kappa shape index (κ3) is 3.41. The van der Waals surface area contributed by atoms with Gasteiger partial charge in [-0.1, -0.05) is 54.8 Å². The normalized spacial score (nSPS) is 18.9. The molecule has 0 unspecified atom stereocenters. The first-order valence-electron chi connectivity index (χ1n) is 6.66. The molecule has 4 heteroatoms. The van der Waals surface area contributed by atoms with Crippen molar-refractivity contribution in [2.24, 2.45) is 5.16 Å². The standard InChI is InChI=1S/C15H19NO3/c1-12(17)19-16-14(13-8-4-2-5-9-13)15(18)10-6-3-7-11-15/h2,4-5,8-9,18H,3,6-7,10-11H2,1H3. The number of rotatable bonds is 3. The first-order chi connectivity index (χ1) is 9.12. The fourth-order valence-electron chi connectivity index (χ4n) is 2.49. The summed E-state index contributed by atoms with van der Waals surface area (Å²) in [7, 11) is 0. The van der Waals surface area contributed by atoms with Crippen LogP contribution >= 0.6 is 0 Å². The highest BCUT2D eigenvalue weighted by Gasteiger charge is 2.36. The Labute approximate surface area is 113 Å². The van der Waals surface area contributed by atoms with Gasteiger partial charge in [0.1, 0.15) is 11.3 Å². The molecule has 1 aromatic rings. The van der Waals surface area contributed by atoms with Gasteiger partial charge < -0.3 is 9.94 Å². The van der Waals surface area contributed by atoms with Crippen LogP contribution in [0.15, 0.2) is 35.5 Å². The van der Waals surface area contributed by atoms with Gasteiger partial charge in [-0.3, -0.25) is 0 Å². The second-order valence-corrected chi connectivity index (χ2v) is 4.98. The van der Waals surface area contributed by atoms with Gasteiger partial charge >= 0.3 is 5.97 Å². The van der Waals surface area contributed by atoms with Gasteiger partial charge in [-0.15, -0.1) is 0 Å². The second kappa shape index (κ2) is 5.97. The fraction of sp³-hybridized carbons (Fsp3) is 0.467. The number of carbonyl (C=O) groups excluding carboxylic acids is 1. The van der Waals surface area contributed by atoms with Crippen LogP contribution in [0.2, 0.25) is 0 Å². The molecule has 1 saturated carbocycles.